The summed E-state index contributed by atoms with van der Waals surface area (Å²) in [6, 6.07) is 15.3. The van der Waals surface area contributed by atoms with Crippen LogP contribution in [0.3, 0.4) is 0 Å². The summed E-state index contributed by atoms with van der Waals surface area (Å²) in [6.07, 6.45) is 1.48. The molecule has 35 heavy (non-hydrogen) atoms. The van der Waals surface area contributed by atoms with Crippen LogP contribution in [0.2, 0.25) is 0 Å². The minimum Gasteiger partial charge on any atom is -0.379 e. The van der Waals surface area contributed by atoms with Crippen LogP contribution in [0.5, 0.6) is 0 Å². The maximum Gasteiger partial charge on any atom is 0.282 e. The number of hydrazone groups is 1. The highest BCUT2D eigenvalue weighted by molar-refractivity contribution is 7.89. The molecule has 0 spiro atoms. The van der Waals surface area contributed by atoms with Crippen molar-refractivity contribution in [2.24, 2.45) is 5.10 Å². The quantitative estimate of drug-likeness (QED) is 0.403. The number of aromatic nitrogens is 1. The molecule has 0 N–H and O–H groups in total. The summed E-state index contributed by atoms with van der Waals surface area (Å²) in [7, 11) is -3.64. The third-order valence-corrected chi connectivity index (χ3v) is 8.13. The third kappa shape index (κ3) is 3.99. The van der Waals surface area contributed by atoms with Gasteiger partial charge in [-0.1, -0.05) is 18.2 Å². The fraction of sp³-hybridized carbons (Fsp3) is 0.240. The Hall–Kier alpha value is -3.60. The molecule has 2 aliphatic rings. The normalized spacial score (nSPS) is 16.9. The van der Waals surface area contributed by atoms with E-state index in [9.17, 15) is 18.0 Å². The van der Waals surface area contributed by atoms with Crippen molar-refractivity contribution in [3.05, 3.63) is 82.7 Å². The van der Waals surface area contributed by atoms with Crippen LogP contribution in [0.4, 0.5) is 0 Å². The number of ether oxygens (including phenoxy) is 1. The number of sulfonamides is 1. The zero-order valence-electron chi connectivity index (χ0n) is 19.3. The average Bonchev–Trinajstić information content (AvgIpc) is 3.29. The SMILES string of the molecule is Cc1cc(/C=N/N2C(=O)c3ccccc3C2=O)c(C)n1-c1cccc(S(=O)(=O)N2CCOCC2)c1. The Kier molecular flexibility index (Phi) is 5.87. The van der Waals surface area contributed by atoms with Crippen LogP contribution >= 0.6 is 0 Å². The molecule has 2 amide bonds. The predicted octanol–water partition coefficient (Wildman–Crippen LogP) is 2.75. The number of carbonyl (C=O) groups excluding carboxylic acids is 2. The summed E-state index contributed by atoms with van der Waals surface area (Å²) in [4.78, 5) is 25.4. The van der Waals surface area contributed by atoms with Crippen LogP contribution in [0.1, 0.15) is 37.7 Å². The van der Waals surface area contributed by atoms with Crippen molar-refractivity contribution in [2.45, 2.75) is 18.7 Å². The number of rotatable bonds is 5. The number of carbonyl (C=O) groups is 2. The van der Waals surface area contributed by atoms with Crippen LogP contribution in [0, 0.1) is 13.8 Å². The zero-order chi connectivity index (χ0) is 24.7. The number of nitrogens with zero attached hydrogens (tertiary/aromatic N) is 4. The lowest BCUT2D eigenvalue weighted by Gasteiger charge is -2.26. The second-order valence-corrected chi connectivity index (χ2v) is 10.3. The maximum absolute atomic E-state index is 13.1. The highest BCUT2D eigenvalue weighted by Crippen LogP contribution is 2.26. The van der Waals surface area contributed by atoms with Crippen molar-refractivity contribution in [1.82, 2.24) is 13.9 Å². The molecular weight excluding hydrogens is 468 g/mol. The lowest BCUT2D eigenvalue weighted by molar-refractivity contribution is 0.0660. The van der Waals surface area contributed by atoms with E-state index in [1.807, 2.05) is 30.5 Å². The highest BCUT2D eigenvalue weighted by atomic mass is 32.2. The average molecular weight is 493 g/mol. The Labute approximate surface area is 203 Å². The first-order valence-corrected chi connectivity index (χ1v) is 12.6. The standard InChI is InChI=1S/C25H24N4O5S/c1-17-14-19(16-26-29-24(30)22-8-3-4-9-23(22)25(29)31)18(2)28(17)20-6-5-7-21(15-20)35(32,33)27-10-12-34-13-11-27/h3-9,14-16H,10-13H2,1-2H3/b26-16+. The van der Waals surface area contributed by atoms with Crippen LogP contribution in [-0.4, -0.2) is 66.6 Å². The first-order valence-electron chi connectivity index (χ1n) is 11.2. The van der Waals surface area contributed by atoms with Crippen molar-refractivity contribution in [3.63, 3.8) is 0 Å². The topological polar surface area (TPSA) is 101 Å². The van der Waals surface area contributed by atoms with Crippen molar-refractivity contribution in [2.75, 3.05) is 26.3 Å². The number of hydrogen-bond donors (Lipinski definition) is 0. The first-order chi connectivity index (χ1) is 16.8. The Bertz CT molecular complexity index is 1430. The molecule has 1 saturated heterocycles. The van der Waals surface area contributed by atoms with E-state index in [1.54, 1.807) is 42.5 Å². The number of benzene rings is 2. The number of imide groups is 1. The Morgan fingerprint density at radius 2 is 1.57 bits per heavy atom. The highest BCUT2D eigenvalue weighted by Gasteiger charge is 2.35. The maximum atomic E-state index is 13.1. The van der Waals surface area contributed by atoms with Gasteiger partial charge in [0.1, 0.15) is 0 Å². The first kappa shape index (κ1) is 23.2. The second kappa shape index (κ2) is 8.88. The molecule has 3 heterocycles. The molecule has 0 radical (unpaired) electrons. The Morgan fingerprint density at radius 1 is 0.914 bits per heavy atom. The molecule has 0 bridgehead atoms. The smallest absolute Gasteiger partial charge is 0.282 e. The van der Waals surface area contributed by atoms with E-state index in [1.165, 1.54) is 10.5 Å². The van der Waals surface area contributed by atoms with E-state index in [-0.39, 0.29) is 4.90 Å². The van der Waals surface area contributed by atoms with Gasteiger partial charge < -0.3 is 9.30 Å². The van der Waals surface area contributed by atoms with Crippen molar-refractivity contribution >= 4 is 28.1 Å². The number of fused-ring (bicyclic) bond motifs is 1. The minimum atomic E-state index is -3.64. The summed E-state index contributed by atoms with van der Waals surface area (Å²) in [6.45, 7) is 5.18. The third-order valence-electron chi connectivity index (χ3n) is 6.24. The monoisotopic (exact) mass is 492 g/mol. The summed E-state index contributed by atoms with van der Waals surface area (Å²) < 4.78 is 34.9. The van der Waals surface area contributed by atoms with E-state index in [0.29, 0.717) is 48.7 Å². The van der Waals surface area contributed by atoms with Crippen molar-refractivity contribution in [1.29, 1.82) is 0 Å². The zero-order valence-corrected chi connectivity index (χ0v) is 20.2. The molecule has 9 nitrogen and oxygen atoms in total. The second-order valence-electron chi connectivity index (χ2n) is 8.39. The fourth-order valence-corrected chi connectivity index (χ4v) is 5.88. The van der Waals surface area contributed by atoms with Crippen molar-refractivity contribution in [3.8, 4) is 5.69 Å². The van der Waals surface area contributed by atoms with Gasteiger partial charge in [0.25, 0.3) is 11.8 Å². The minimum absolute atomic E-state index is 0.214. The molecule has 2 aromatic carbocycles. The van der Waals surface area contributed by atoms with Crippen LogP contribution in [0.15, 0.2) is 64.6 Å². The van der Waals surface area contributed by atoms with Gasteiger partial charge in [-0.2, -0.15) is 14.4 Å². The largest absolute Gasteiger partial charge is 0.379 e. The lowest BCUT2D eigenvalue weighted by atomic mass is 10.1. The molecule has 180 valence electrons. The fourth-order valence-electron chi connectivity index (χ4n) is 4.44. The van der Waals surface area contributed by atoms with E-state index in [2.05, 4.69) is 5.10 Å². The molecule has 5 rings (SSSR count). The summed E-state index contributed by atoms with van der Waals surface area (Å²) in [5, 5.41) is 5.05. The van der Waals surface area contributed by atoms with Crippen LogP contribution in [0.25, 0.3) is 5.69 Å². The van der Waals surface area contributed by atoms with Crippen LogP contribution in [-0.2, 0) is 14.8 Å². The van der Waals surface area contributed by atoms with Gasteiger partial charge in [0.05, 0.1) is 35.5 Å². The predicted molar refractivity (Wildman–Crippen MR) is 129 cm³/mol. The van der Waals surface area contributed by atoms with E-state index in [4.69, 9.17) is 4.74 Å². The van der Waals surface area contributed by atoms with Gasteiger partial charge in [0.2, 0.25) is 10.0 Å². The Morgan fingerprint density at radius 3 is 2.23 bits per heavy atom. The molecule has 0 unspecified atom stereocenters. The molecule has 2 aliphatic heterocycles. The Balaban J connectivity index is 1.45. The van der Waals surface area contributed by atoms with Gasteiger partial charge in [0, 0.05) is 35.7 Å². The molecule has 3 aromatic rings. The number of aryl methyl sites for hydroxylation is 1. The summed E-state index contributed by atoms with van der Waals surface area (Å²) >= 11 is 0. The summed E-state index contributed by atoms with van der Waals surface area (Å²) in [5.41, 5.74) is 3.71. The molecule has 1 fully saturated rings. The van der Waals surface area contributed by atoms with Gasteiger partial charge in [-0.05, 0) is 50.2 Å². The molecule has 10 heteroatoms. The van der Waals surface area contributed by atoms with Gasteiger partial charge in [0.15, 0.2) is 0 Å². The van der Waals surface area contributed by atoms with Crippen molar-refractivity contribution < 1.29 is 22.7 Å². The van der Waals surface area contributed by atoms with Gasteiger partial charge in [-0.25, -0.2) is 8.42 Å². The van der Waals surface area contributed by atoms with Crippen LogP contribution < -0.4 is 0 Å². The summed E-state index contributed by atoms with van der Waals surface area (Å²) in [5.74, 6) is -0.923. The number of morpholine rings is 1. The van der Waals surface area contributed by atoms with Gasteiger partial charge in [-0.3, -0.25) is 9.59 Å². The van der Waals surface area contributed by atoms with Gasteiger partial charge >= 0.3 is 0 Å². The number of hydrogen-bond acceptors (Lipinski definition) is 6. The van der Waals surface area contributed by atoms with E-state index < -0.39 is 21.8 Å². The number of amides is 2. The molecular formula is C25H24N4O5S. The lowest BCUT2D eigenvalue weighted by Crippen LogP contribution is -2.40. The van der Waals surface area contributed by atoms with E-state index in [0.717, 1.165) is 16.4 Å². The van der Waals surface area contributed by atoms with E-state index >= 15 is 0 Å². The molecule has 1 aromatic heterocycles. The molecule has 0 atom stereocenters. The van der Waals surface area contributed by atoms with Gasteiger partial charge in [-0.15, -0.1) is 0 Å². The molecule has 0 saturated carbocycles. The molecule has 0 aliphatic carbocycles.